The highest BCUT2D eigenvalue weighted by Gasteiger charge is 2.28. The summed E-state index contributed by atoms with van der Waals surface area (Å²) >= 11 is 5.40. The number of carbonyl (C=O) groups is 1. The van der Waals surface area contributed by atoms with Crippen LogP contribution in [0.2, 0.25) is 0 Å². The Bertz CT molecular complexity index is 915. The van der Waals surface area contributed by atoms with Crippen LogP contribution >= 0.6 is 11.6 Å². The molecule has 2 rings (SSSR count). The molecule has 0 amide bonds. The van der Waals surface area contributed by atoms with E-state index in [9.17, 15) is 23.3 Å². The van der Waals surface area contributed by atoms with Crippen molar-refractivity contribution >= 4 is 38.2 Å². The summed E-state index contributed by atoms with van der Waals surface area (Å²) in [5.41, 5.74) is -0.205. The minimum absolute atomic E-state index is 0.175. The van der Waals surface area contributed by atoms with E-state index in [-0.39, 0.29) is 16.3 Å². The van der Waals surface area contributed by atoms with Gasteiger partial charge in [0.25, 0.3) is 15.7 Å². The van der Waals surface area contributed by atoms with E-state index in [4.69, 9.17) is 16.3 Å². The van der Waals surface area contributed by atoms with E-state index in [1.165, 1.54) is 30.3 Å². The highest BCUT2D eigenvalue weighted by Crippen LogP contribution is 2.27. The van der Waals surface area contributed by atoms with Crippen LogP contribution in [0.4, 0.5) is 11.4 Å². The fourth-order valence-corrected chi connectivity index (χ4v) is 3.84. The zero-order chi connectivity index (χ0) is 19.3. The number of halogens is 1. The number of hydrogen-bond donors (Lipinski definition) is 0. The molecule has 2 aromatic rings. The number of non-ortho nitro benzene ring substituents is 1. The van der Waals surface area contributed by atoms with Gasteiger partial charge < -0.3 is 4.74 Å². The Morgan fingerprint density at radius 1 is 1.23 bits per heavy atom. The van der Waals surface area contributed by atoms with E-state index >= 15 is 0 Å². The number of nitro benzene ring substituents is 1. The molecule has 0 fully saturated rings. The first-order valence-electron chi connectivity index (χ1n) is 7.44. The quantitative estimate of drug-likeness (QED) is 0.384. The third kappa shape index (κ3) is 4.50. The van der Waals surface area contributed by atoms with Crippen LogP contribution < -0.4 is 9.04 Å². The Morgan fingerprint density at radius 2 is 1.88 bits per heavy atom. The summed E-state index contributed by atoms with van der Waals surface area (Å²) < 4.78 is 31.9. The summed E-state index contributed by atoms with van der Waals surface area (Å²) in [5.74, 6) is 0.529. The molecule has 2 aromatic carbocycles. The lowest BCUT2D eigenvalue weighted by molar-refractivity contribution is -0.385. The molecule has 0 saturated heterocycles. The molecule has 0 spiro atoms. The predicted octanol–water partition coefficient (Wildman–Crippen LogP) is 2.95. The van der Waals surface area contributed by atoms with Gasteiger partial charge in [-0.2, -0.15) is 0 Å². The van der Waals surface area contributed by atoms with Crippen molar-refractivity contribution in [1.29, 1.82) is 0 Å². The minimum atomic E-state index is -4.25. The number of nitrogens with zero attached hydrogens (tertiary/aromatic N) is 2. The number of hydrogen-bond acceptors (Lipinski definition) is 6. The lowest BCUT2D eigenvalue weighted by Crippen LogP contribution is -2.34. The number of anilines is 1. The molecule has 0 heterocycles. The maximum atomic E-state index is 12.9. The van der Waals surface area contributed by atoms with Crippen LogP contribution in [0.1, 0.15) is 6.92 Å². The van der Waals surface area contributed by atoms with Crippen molar-refractivity contribution in [2.75, 3.05) is 17.5 Å². The Labute approximate surface area is 155 Å². The molecule has 0 N–H and O–H groups in total. The Kier molecular flexibility index (Phi) is 6.17. The second-order valence-corrected chi connectivity index (χ2v) is 7.33. The van der Waals surface area contributed by atoms with E-state index < -0.39 is 26.7 Å². The van der Waals surface area contributed by atoms with Crippen molar-refractivity contribution in [3.05, 3.63) is 58.6 Å². The van der Waals surface area contributed by atoms with Crippen molar-refractivity contribution in [3.8, 4) is 5.75 Å². The van der Waals surface area contributed by atoms with Crippen LogP contribution in [0.5, 0.6) is 5.75 Å². The number of benzene rings is 2. The molecule has 0 radical (unpaired) electrons. The smallest absolute Gasteiger partial charge is 0.270 e. The van der Waals surface area contributed by atoms with Crippen molar-refractivity contribution in [2.45, 2.75) is 11.8 Å². The monoisotopic (exact) mass is 398 g/mol. The minimum Gasteiger partial charge on any atom is -0.494 e. The molecule has 0 unspecified atom stereocenters. The molecular weight excluding hydrogens is 384 g/mol. The first kappa shape index (κ1) is 19.7. The van der Waals surface area contributed by atoms with Gasteiger partial charge in [-0.15, -0.1) is 0 Å². The Morgan fingerprint density at radius 3 is 2.42 bits per heavy atom. The first-order valence-corrected chi connectivity index (χ1v) is 9.26. The topological polar surface area (TPSA) is 107 Å². The second-order valence-electron chi connectivity index (χ2n) is 5.05. The zero-order valence-electron chi connectivity index (χ0n) is 13.7. The zero-order valence-corrected chi connectivity index (χ0v) is 15.2. The standard InChI is InChI=1S/C16H15ClN2O6S/c1-2-25-14-8-6-12(7-9-14)18(11-16(17)20)26(23,24)15-5-3-4-13(10-15)19(21)22/h3-10H,2,11H2,1H3. The molecule has 0 atom stereocenters. The van der Waals surface area contributed by atoms with Crippen LogP contribution in [-0.2, 0) is 14.8 Å². The fourth-order valence-electron chi connectivity index (χ4n) is 2.19. The van der Waals surface area contributed by atoms with Gasteiger partial charge in [-0.05, 0) is 48.9 Å². The van der Waals surface area contributed by atoms with Gasteiger partial charge in [0, 0.05) is 12.1 Å². The number of carbonyl (C=O) groups excluding carboxylic acids is 1. The van der Waals surface area contributed by atoms with Crippen molar-refractivity contribution in [3.63, 3.8) is 0 Å². The summed E-state index contributed by atoms with van der Waals surface area (Å²) in [7, 11) is -4.25. The van der Waals surface area contributed by atoms with E-state index in [0.29, 0.717) is 12.4 Å². The van der Waals surface area contributed by atoms with E-state index in [0.717, 1.165) is 10.4 Å². The van der Waals surface area contributed by atoms with Crippen LogP contribution in [0.3, 0.4) is 0 Å². The molecule has 138 valence electrons. The second kappa shape index (κ2) is 8.15. The number of rotatable bonds is 8. The summed E-state index contributed by atoms with van der Waals surface area (Å²) in [6, 6.07) is 10.6. The van der Waals surface area contributed by atoms with Gasteiger partial charge in [-0.25, -0.2) is 8.42 Å². The van der Waals surface area contributed by atoms with Crippen LogP contribution in [-0.4, -0.2) is 31.7 Å². The van der Waals surface area contributed by atoms with Crippen molar-refractivity contribution < 1.29 is 22.9 Å². The lowest BCUT2D eigenvalue weighted by atomic mass is 10.3. The van der Waals surface area contributed by atoms with Crippen LogP contribution in [0, 0.1) is 10.1 Å². The summed E-state index contributed by atoms with van der Waals surface area (Å²) in [6.07, 6.45) is 0. The molecule has 8 nitrogen and oxygen atoms in total. The Balaban J connectivity index is 2.49. The Hall–Kier alpha value is -2.65. The van der Waals surface area contributed by atoms with Gasteiger partial charge in [-0.1, -0.05) is 6.07 Å². The van der Waals surface area contributed by atoms with Gasteiger partial charge in [0.2, 0.25) is 5.24 Å². The van der Waals surface area contributed by atoms with Crippen LogP contribution in [0.25, 0.3) is 0 Å². The SMILES string of the molecule is CCOc1ccc(N(CC(=O)Cl)S(=O)(=O)c2cccc([N+](=O)[O-])c2)cc1. The van der Waals surface area contributed by atoms with Gasteiger partial charge in [0.1, 0.15) is 12.3 Å². The van der Waals surface area contributed by atoms with Gasteiger partial charge >= 0.3 is 0 Å². The predicted molar refractivity (Wildman–Crippen MR) is 96.1 cm³/mol. The van der Waals surface area contributed by atoms with E-state index in [1.807, 2.05) is 0 Å². The summed E-state index contributed by atoms with van der Waals surface area (Å²) in [4.78, 5) is 21.3. The average Bonchev–Trinajstić information content (AvgIpc) is 2.60. The van der Waals surface area contributed by atoms with Crippen molar-refractivity contribution in [2.24, 2.45) is 0 Å². The number of nitro groups is 1. The third-order valence-electron chi connectivity index (χ3n) is 3.32. The molecule has 0 bridgehead atoms. The molecule has 0 aliphatic carbocycles. The maximum Gasteiger partial charge on any atom is 0.270 e. The molecule has 26 heavy (non-hydrogen) atoms. The number of ether oxygens (including phenoxy) is 1. The van der Waals surface area contributed by atoms with Gasteiger partial charge in [-0.3, -0.25) is 19.2 Å². The van der Waals surface area contributed by atoms with E-state index in [2.05, 4.69) is 0 Å². The largest absolute Gasteiger partial charge is 0.494 e. The van der Waals surface area contributed by atoms with Crippen LogP contribution in [0.15, 0.2) is 53.4 Å². The normalized spacial score (nSPS) is 11.0. The molecule has 0 aromatic heterocycles. The molecule has 0 aliphatic heterocycles. The highest BCUT2D eigenvalue weighted by atomic mass is 35.5. The first-order chi connectivity index (χ1) is 12.3. The summed E-state index contributed by atoms with van der Waals surface area (Å²) in [6.45, 7) is 1.62. The molecular formula is C16H15ClN2O6S. The number of sulfonamides is 1. The molecule has 0 aliphatic rings. The summed E-state index contributed by atoms with van der Waals surface area (Å²) in [5, 5.41) is 10.0. The maximum absolute atomic E-state index is 12.9. The molecule has 0 saturated carbocycles. The molecule has 10 heteroatoms. The van der Waals surface area contributed by atoms with Crippen molar-refractivity contribution in [1.82, 2.24) is 0 Å². The fraction of sp³-hybridized carbons (Fsp3) is 0.188. The van der Waals surface area contributed by atoms with Gasteiger partial charge in [0.05, 0.1) is 22.1 Å². The lowest BCUT2D eigenvalue weighted by Gasteiger charge is -2.23. The highest BCUT2D eigenvalue weighted by molar-refractivity contribution is 7.92. The van der Waals surface area contributed by atoms with Gasteiger partial charge in [0.15, 0.2) is 0 Å². The third-order valence-corrected chi connectivity index (χ3v) is 5.21. The van der Waals surface area contributed by atoms with E-state index in [1.54, 1.807) is 19.1 Å². The average molecular weight is 399 g/mol.